The summed E-state index contributed by atoms with van der Waals surface area (Å²) in [4.78, 5) is 33.1. The largest absolute Gasteiger partial charge is 0.416 e. The van der Waals surface area contributed by atoms with Gasteiger partial charge in [-0.05, 0) is 55.2 Å². The van der Waals surface area contributed by atoms with Crippen LogP contribution in [0.4, 0.5) is 32.0 Å². The van der Waals surface area contributed by atoms with E-state index >= 15 is 0 Å². The third-order valence-electron chi connectivity index (χ3n) is 5.50. The molecule has 1 amide bonds. The molecule has 36 heavy (non-hydrogen) atoms. The molecule has 1 N–H and O–H groups in total. The second-order valence-electron chi connectivity index (χ2n) is 8.05. The smallest absolute Gasteiger partial charge is 0.325 e. The molecule has 0 saturated carbocycles. The van der Waals surface area contributed by atoms with Crippen LogP contribution in [0.25, 0.3) is 0 Å². The minimum atomic E-state index is -5.03. The van der Waals surface area contributed by atoms with Crippen molar-refractivity contribution in [2.75, 3.05) is 11.1 Å². The molecule has 0 saturated heterocycles. The van der Waals surface area contributed by atoms with E-state index in [0.29, 0.717) is 36.5 Å². The number of hydrogen-bond donors (Lipinski definition) is 1. The maximum absolute atomic E-state index is 13.1. The molecule has 6 nitrogen and oxygen atoms in total. The van der Waals surface area contributed by atoms with Crippen LogP contribution in [0.5, 0.6) is 0 Å². The maximum Gasteiger partial charge on any atom is 0.416 e. The quantitative estimate of drug-likeness (QED) is 0.279. The molecule has 0 atom stereocenters. The van der Waals surface area contributed by atoms with Gasteiger partial charge in [0.15, 0.2) is 0 Å². The molecule has 190 valence electrons. The first-order valence-corrected chi connectivity index (χ1v) is 11.6. The predicted octanol–water partition coefficient (Wildman–Crippen LogP) is 4.94. The monoisotopic (exact) mass is 528 g/mol. The Balaban J connectivity index is 1.51. The summed E-state index contributed by atoms with van der Waals surface area (Å²) in [7, 11) is 0. The van der Waals surface area contributed by atoms with E-state index in [2.05, 4.69) is 15.3 Å². The number of aromatic nitrogens is 3. The number of carbonyl (C=O) groups is 1. The van der Waals surface area contributed by atoms with Crippen LogP contribution in [0, 0.1) is 0 Å². The summed E-state index contributed by atoms with van der Waals surface area (Å²) in [5.74, 6) is -1.19. The van der Waals surface area contributed by atoms with Gasteiger partial charge >= 0.3 is 18.0 Å². The number of carbonyl (C=O) groups excluding carboxylic acids is 1. The lowest BCUT2D eigenvalue weighted by molar-refractivity contribution is -0.143. The third kappa shape index (κ3) is 5.89. The lowest BCUT2D eigenvalue weighted by Gasteiger charge is -2.15. The first-order chi connectivity index (χ1) is 16.9. The molecule has 2 heterocycles. The van der Waals surface area contributed by atoms with Crippen molar-refractivity contribution >= 4 is 23.4 Å². The number of hydrogen-bond acceptors (Lipinski definition) is 5. The van der Waals surface area contributed by atoms with Crippen LogP contribution in [0.15, 0.2) is 52.5 Å². The molecule has 1 aliphatic rings. The van der Waals surface area contributed by atoms with Crippen molar-refractivity contribution in [2.45, 2.75) is 43.2 Å². The summed E-state index contributed by atoms with van der Waals surface area (Å²) in [5.41, 5.74) is -1.74. The van der Waals surface area contributed by atoms with Crippen molar-refractivity contribution < 1.29 is 31.1 Å². The molecule has 4 rings (SSSR count). The van der Waals surface area contributed by atoms with Gasteiger partial charge in [0.1, 0.15) is 5.03 Å². The van der Waals surface area contributed by atoms with E-state index in [1.54, 1.807) is 29.1 Å². The SMILES string of the molecule is O=C(CSc1nc(=O)n(Cc2ccncc2)c2c1CCC2)Nc1cc(C(F)(F)F)cc(C(F)(F)F)c1. The van der Waals surface area contributed by atoms with Crippen molar-refractivity contribution in [1.29, 1.82) is 0 Å². The molecule has 0 bridgehead atoms. The number of fused-ring (bicyclic) bond motifs is 1. The van der Waals surface area contributed by atoms with E-state index in [9.17, 15) is 35.9 Å². The van der Waals surface area contributed by atoms with Crippen LogP contribution in [0.3, 0.4) is 0 Å². The number of alkyl halides is 6. The van der Waals surface area contributed by atoms with E-state index in [4.69, 9.17) is 0 Å². The number of amides is 1. The van der Waals surface area contributed by atoms with Crippen LogP contribution in [0.2, 0.25) is 0 Å². The molecule has 3 aromatic rings. The van der Waals surface area contributed by atoms with Gasteiger partial charge in [-0.15, -0.1) is 0 Å². The molecule has 2 aromatic heterocycles. The van der Waals surface area contributed by atoms with Crippen molar-refractivity contribution in [1.82, 2.24) is 14.5 Å². The van der Waals surface area contributed by atoms with Crippen molar-refractivity contribution in [2.24, 2.45) is 0 Å². The van der Waals surface area contributed by atoms with Gasteiger partial charge in [0.25, 0.3) is 0 Å². The lowest BCUT2D eigenvalue weighted by atomic mass is 10.1. The summed E-state index contributed by atoms with van der Waals surface area (Å²) in [6.07, 6.45) is -4.78. The van der Waals surface area contributed by atoms with Gasteiger partial charge < -0.3 is 5.32 Å². The van der Waals surface area contributed by atoms with Crippen molar-refractivity contribution in [3.05, 3.63) is 81.2 Å². The number of nitrogens with zero attached hydrogens (tertiary/aromatic N) is 3. The second-order valence-corrected chi connectivity index (χ2v) is 9.02. The molecular formula is C23H18F6N4O2S. The van der Waals surface area contributed by atoms with E-state index in [1.165, 1.54) is 0 Å². The fraction of sp³-hybridized carbons (Fsp3) is 0.304. The molecule has 1 aromatic carbocycles. The number of benzene rings is 1. The van der Waals surface area contributed by atoms with E-state index in [-0.39, 0.29) is 11.8 Å². The zero-order valence-corrected chi connectivity index (χ0v) is 19.2. The molecule has 0 fully saturated rings. The van der Waals surface area contributed by atoms with Crippen LogP contribution in [0.1, 0.15) is 34.4 Å². The molecule has 0 unspecified atom stereocenters. The molecule has 13 heteroatoms. The summed E-state index contributed by atoms with van der Waals surface area (Å²) < 4.78 is 79.9. The summed E-state index contributed by atoms with van der Waals surface area (Å²) in [5, 5.41) is 2.41. The molecule has 0 radical (unpaired) electrons. The highest BCUT2D eigenvalue weighted by Crippen LogP contribution is 2.37. The number of thioether (sulfide) groups is 1. The Morgan fingerprint density at radius 3 is 2.25 bits per heavy atom. The molecular weight excluding hydrogens is 510 g/mol. The number of rotatable bonds is 6. The summed E-state index contributed by atoms with van der Waals surface area (Å²) in [6, 6.07) is 4.41. The second kappa shape index (κ2) is 9.96. The molecule has 1 aliphatic carbocycles. The van der Waals surface area contributed by atoms with E-state index < -0.39 is 40.8 Å². The summed E-state index contributed by atoms with van der Waals surface area (Å²) in [6.45, 7) is 0.305. The van der Waals surface area contributed by atoms with Gasteiger partial charge in [-0.2, -0.15) is 31.3 Å². The van der Waals surface area contributed by atoms with Gasteiger partial charge in [-0.3, -0.25) is 14.3 Å². The van der Waals surface area contributed by atoms with Gasteiger partial charge in [0.05, 0.1) is 23.4 Å². The zero-order chi connectivity index (χ0) is 26.1. The Labute approximate surface area is 204 Å². The van der Waals surface area contributed by atoms with Gasteiger partial charge in [0.2, 0.25) is 5.91 Å². The van der Waals surface area contributed by atoms with Crippen LogP contribution in [-0.4, -0.2) is 26.2 Å². The first-order valence-electron chi connectivity index (χ1n) is 10.7. The highest BCUT2D eigenvalue weighted by Gasteiger charge is 2.37. The minimum Gasteiger partial charge on any atom is -0.325 e. The Bertz CT molecular complexity index is 1310. The fourth-order valence-electron chi connectivity index (χ4n) is 3.90. The first kappa shape index (κ1) is 25.7. The van der Waals surface area contributed by atoms with Gasteiger partial charge in [-0.1, -0.05) is 11.8 Å². The Morgan fingerprint density at radius 2 is 1.64 bits per heavy atom. The average molecular weight is 528 g/mol. The lowest BCUT2D eigenvalue weighted by Crippen LogP contribution is -2.28. The number of halogens is 6. The number of anilines is 1. The molecule has 0 spiro atoms. The Kier molecular flexibility index (Phi) is 7.12. The standard InChI is InChI=1S/C23H18F6N4O2S/c24-22(25,26)14-8-15(23(27,28)29)10-16(9-14)31-19(34)12-36-20-17-2-1-3-18(17)33(21(35)32-20)11-13-4-6-30-7-5-13/h4-10H,1-3,11-12H2,(H,31,34). The Hall–Kier alpha value is -3.35. The number of pyridine rings is 1. The average Bonchev–Trinajstić information content (AvgIpc) is 3.29. The van der Waals surface area contributed by atoms with Gasteiger partial charge in [-0.25, -0.2) is 4.79 Å². The summed E-state index contributed by atoms with van der Waals surface area (Å²) >= 11 is 0.911. The third-order valence-corrected chi connectivity index (χ3v) is 6.52. The highest BCUT2D eigenvalue weighted by atomic mass is 32.2. The van der Waals surface area contributed by atoms with Crippen LogP contribution >= 0.6 is 11.8 Å². The highest BCUT2D eigenvalue weighted by molar-refractivity contribution is 8.00. The maximum atomic E-state index is 13.1. The van der Waals surface area contributed by atoms with Crippen molar-refractivity contribution in [3.63, 3.8) is 0 Å². The Morgan fingerprint density at radius 1 is 1.00 bits per heavy atom. The predicted molar refractivity (Wildman–Crippen MR) is 120 cm³/mol. The topological polar surface area (TPSA) is 76.9 Å². The normalized spacial score (nSPS) is 13.5. The van der Waals surface area contributed by atoms with Crippen LogP contribution in [-0.2, 0) is 36.5 Å². The van der Waals surface area contributed by atoms with Crippen molar-refractivity contribution in [3.8, 4) is 0 Å². The van der Waals surface area contributed by atoms with Gasteiger partial charge in [0, 0.05) is 29.3 Å². The van der Waals surface area contributed by atoms with E-state index in [0.717, 1.165) is 35.0 Å². The molecule has 0 aliphatic heterocycles. The fourth-order valence-corrected chi connectivity index (χ4v) is 4.77. The van der Waals surface area contributed by atoms with E-state index in [1.807, 2.05) is 0 Å². The zero-order valence-electron chi connectivity index (χ0n) is 18.4. The number of nitrogens with one attached hydrogen (secondary N) is 1. The minimum absolute atomic E-state index is 0.0153. The van der Waals surface area contributed by atoms with Crippen LogP contribution < -0.4 is 11.0 Å².